The van der Waals surface area contributed by atoms with Crippen molar-refractivity contribution in [1.82, 2.24) is 15.6 Å². The summed E-state index contributed by atoms with van der Waals surface area (Å²) in [4.78, 5) is 10.3. The van der Waals surface area contributed by atoms with Crippen molar-refractivity contribution in [3.05, 3.63) is 45.4 Å². The van der Waals surface area contributed by atoms with E-state index in [1.807, 2.05) is 12.4 Å². The van der Waals surface area contributed by atoms with E-state index in [1.54, 1.807) is 11.3 Å². The highest BCUT2D eigenvalue weighted by Crippen LogP contribution is 2.31. The maximum Gasteiger partial charge on any atom is 0.191 e. The van der Waals surface area contributed by atoms with Crippen molar-refractivity contribution >= 4 is 41.3 Å². The molecule has 1 aromatic heterocycles. The Morgan fingerprint density at radius 2 is 2.11 bits per heavy atom. The van der Waals surface area contributed by atoms with Crippen molar-refractivity contribution in [3.8, 4) is 5.75 Å². The lowest BCUT2D eigenvalue weighted by Gasteiger charge is -2.13. The molecular formula is C20H29IN4OS. The summed E-state index contributed by atoms with van der Waals surface area (Å²) < 4.78 is 6.05. The van der Waals surface area contributed by atoms with Crippen molar-refractivity contribution < 1.29 is 4.74 Å². The summed E-state index contributed by atoms with van der Waals surface area (Å²) in [6.07, 6.45) is 2.59. The molecule has 2 aromatic rings. The standard InChI is InChI=1S/C20H28N4OS.HI/c1-4-21-20(23-11-19-15(3)24-13-26-19)22-10-17-8-5-14(2)9-18(17)25-12-16-6-7-16;/h5,8-9,13,16H,4,6-7,10-12H2,1-3H3,(H2,21,22,23);1H. The van der Waals surface area contributed by atoms with Gasteiger partial charge in [0.2, 0.25) is 0 Å². The van der Waals surface area contributed by atoms with Crippen molar-refractivity contribution in [3.63, 3.8) is 0 Å². The van der Waals surface area contributed by atoms with Crippen LogP contribution < -0.4 is 15.4 Å². The Kier molecular flexibility index (Phi) is 8.82. The summed E-state index contributed by atoms with van der Waals surface area (Å²) in [5, 5.41) is 6.70. The molecule has 0 radical (unpaired) electrons. The number of benzene rings is 1. The number of hydrogen-bond donors (Lipinski definition) is 2. The molecule has 1 aromatic carbocycles. The molecule has 5 nitrogen and oxygen atoms in total. The van der Waals surface area contributed by atoms with Gasteiger partial charge >= 0.3 is 0 Å². The minimum Gasteiger partial charge on any atom is -0.493 e. The van der Waals surface area contributed by atoms with Gasteiger partial charge in [-0.3, -0.25) is 0 Å². The van der Waals surface area contributed by atoms with Crippen LogP contribution in [0.5, 0.6) is 5.75 Å². The van der Waals surface area contributed by atoms with Crippen LogP contribution in [0.2, 0.25) is 0 Å². The van der Waals surface area contributed by atoms with Gasteiger partial charge in [-0.2, -0.15) is 0 Å². The molecule has 1 heterocycles. The fourth-order valence-electron chi connectivity index (χ4n) is 2.58. The van der Waals surface area contributed by atoms with Gasteiger partial charge in [0.1, 0.15) is 5.75 Å². The molecule has 3 rings (SSSR count). The highest BCUT2D eigenvalue weighted by molar-refractivity contribution is 14.0. The third kappa shape index (κ3) is 6.95. The van der Waals surface area contributed by atoms with E-state index in [1.165, 1.54) is 23.3 Å². The maximum atomic E-state index is 6.05. The normalized spacial score (nSPS) is 13.8. The number of thiazole rings is 1. The van der Waals surface area contributed by atoms with E-state index in [-0.39, 0.29) is 24.0 Å². The first-order valence-corrected chi connectivity index (χ1v) is 10.2. The van der Waals surface area contributed by atoms with Crippen molar-refractivity contribution in [1.29, 1.82) is 0 Å². The second kappa shape index (κ2) is 10.8. The quantitative estimate of drug-likeness (QED) is 0.320. The van der Waals surface area contributed by atoms with Crippen LogP contribution in [0.3, 0.4) is 0 Å². The smallest absolute Gasteiger partial charge is 0.191 e. The molecule has 0 atom stereocenters. The fraction of sp³-hybridized carbons (Fsp3) is 0.500. The second-order valence-electron chi connectivity index (χ2n) is 6.78. The van der Waals surface area contributed by atoms with Crippen molar-refractivity contribution in [2.24, 2.45) is 10.9 Å². The number of aliphatic imine (C=N–C) groups is 1. The number of halogens is 1. The third-order valence-corrected chi connectivity index (χ3v) is 5.34. The molecule has 1 aliphatic rings. The molecule has 1 aliphatic carbocycles. The average molecular weight is 500 g/mol. The lowest BCUT2D eigenvalue weighted by atomic mass is 10.1. The molecule has 148 valence electrons. The average Bonchev–Trinajstić information content (AvgIpc) is 3.37. The van der Waals surface area contributed by atoms with Crippen LogP contribution in [0.1, 0.15) is 41.5 Å². The summed E-state index contributed by atoms with van der Waals surface area (Å²) in [7, 11) is 0. The highest BCUT2D eigenvalue weighted by atomic mass is 127. The van der Waals surface area contributed by atoms with E-state index in [2.05, 4.69) is 47.7 Å². The summed E-state index contributed by atoms with van der Waals surface area (Å²) in [6.45, 7) is 9.19. The molecular weight excluding hydrogens is 471 g/mol. The Morgan fingerprint density at radius 1 is 1.30 bits per heavy atom. The molecule has 0 spiro atoms. The van der Waals surface area contributed by atoms with Gasteiger partial charge < -0.3 is 15.4 Å². The second-order valence-corrected chi connectivity index (χ2v) is 7.71. The van der Waals surface area contributed by atoms with E-state index >= 15 is 0 Å². The zero-order valence-electron chi connectivity index (χ0n) is 16.2. The number of hydrogen-bond acceptors (Lipinski definition) is 4. The zero-order chi connectivity index (χ0) is 18.4. The third-order valence-electron chi connectivity index (χ3n) is 4.41. The minimum atomic E-state index is 0. The van der Waals surface area contributed by atoms with Gasteiger partial charge in [-0.15, -0.1) is 35.3 Å². The molecule has 0 aliphatic heterocycles. The highest BCUT2D eigenvalue weighted by Gasteiger charge is 2.22. The molecule has 0 amide bonds. The topological polar surface area (TPSA) is 58.5 Å². The van der Waals surface area contributed by atoms with Crippen molar-refractivity contribution in [2.75, 3.05) is 13.2 Å². The van der Waals surface area contributed by atoms with E-state index < -0.39 is 0 Å². The van der Waals surface area contributed by atoms with Crippen LogP contribution >= 0.6 is 35.3 Å². The van der Waals surface area contributed by atoms with Crippen LogP contribution in [0, 0.1) is 19.8 Å². The number of aromatic nitrogens is 1. The van der Waals surface area contributed by atoms with Crippen molar-refractivity contribution in [2.45, 2.75) is 46.7 Å². The van der Waals surface area contributed by atoms with Gasteiger partial charge in [-0.25, -0.2) is 9.98 Å². The first-order valence-electron chi connectivity index (χ1n) is 9.29. The Labute approximate surface area is 183 Å². The zero-order valence-corrected chi connectivity index (χ0v) is 19.4. The van der Waals surface area contributed by atoms with Gasteiger partial charge in [-0.1, -0.05) is 12.1 Å². The summed E-state index contributed by atoms with van der Waals surface area (Å²) in [6, 6.07) is 6.36. The SMILES string of the molecule is CCNC(=NCc1ccc(C)cc1OCC1CC1)NCc1scnc1C.I. The largest absolute Gasteiger partial charge is 0.493 e. The minimum absolute atomic E-state index is 0. The van der Waals surface area contributed by atoms with Gasteiger partial charge in [0.05, 0.1) is 30.9 Å². The molecule has 27 heavy (non-hydrogen) atoms. The predicted octanol–water partition coefficient (Wildman–Crippen LogP) is 4.42. The van der Waals surface area contributed by atoms with E-state index in [0.29, 0.717) is 6.54 Å². The van der Waals surface area contributed by atoms with Gasteiger partial charge in [-0.05, 0) is 51.2 Å². The fourth-order valence-corrected chi connectivity index (χ4v) is 3.30. The molecule has 0 saturated heterocycles. The summed E-state index contributed by atoms with van der Waals surface area (Å²) in [5.74, 6) is 2.53. The molecule has 0 unspecified atom stereocenters. The Hall–Kier alpha value is -1.35. The van der Waals surface area contributed by atoms with Crippen LogP contribution in [-0.4, -0.2) is 24.1 Å². The van der Waals surface area contributed by atoms with Gasteiger partial charge in [0, 0.05) is 17.0 Å². The Morgan fingerprint density at radius 3 is 2.78 bits per heavy atom. The van der Waals surface area contributed by atoms with Crippen LogP contribution in [-0.2, 0) is 13.1 Å². The predicted molar refractivity (Wildman–Crippen MR) is 123 cm³/mol. The monoisotopic (exact) mass is 500 g/mol. The number of guanidine groups is 1. The maximum absolute atomic E-state index is 6.05. The number of ether oxygens (including phenoxy) is 1. The van der Waals surface area contributed by atoms with Crippen LogP contribution in [0.15, 0.2) is 28.7 Å². The first-order chi connectivity index (χ1) is 12.7. The number of aryl methyl sites for hydroxylation is 2. The summed E-state index contributed by atoms with van der Waals surface area (Å²) in [5.41, 5.74) is 5.30. The Balaban J connectivity index is 0.00000261. The molecule has 1 fully saturated rings. The van der Waals surface area contributed by atoms with E-state index in [4.69, 9.17) is 9.73 Å². The Bertz CT molecular complexity index is 758. The number of rotatable bonds is 8. The van der Waals surface area contributed by atoms with Gasteiger partial charge in [0.25, 0.3) is 0 Å². The molecule has 0 bridgehead atoms. The lowest BCUT2D eigenvalue weighted by molar-refractivity contribution is 0.296. The molecule has 2 N–H and O–H groups in total. The van der Waals surface area contributed by atoms with Gasteiger partial charge in [0.15, 0.2) is 5.96 Å². The molecule has 1 saturated carbocycles. The number of nitrogens with zero attached hydrogens (tertiary/aromatic N) is 2. The van der Waals surface area contributed by atoms with E-state index in [0.717, 1.165) is 48.6 Å². The summed E-state index contributed by atoms with van der Waals surface area (Å²) >= 11 is 1.67. The number of nitrogens with one attached hydrogen (secondary N) is 2. The molecule has 7 heteroatoms. The van der Waals surface area contributed by atoms with Crippen LogP contribution in [0.4, 0.5) is 0 Å². The van der Waals surface area contributed by atoms with E-state index in [9.17, 15) is 0 Å². The first kappa shape index (κ1) is 21.9. The van der Waals surface area contributed by atoms with Crippen LogP contribution in [0.25, 0.3) is 0 Å². The lowest BCUT2D eigenvalue weighted by Crippen LogP contribution is -2.36.